The Morgan fingerprint density at radius 2 is 2.55 bits per heavy atom. The number of aromatic nitrogens is 3. The molecule has 0 saturated carbocycles. The largest absolute Gasteiger partial charge is 0.249 e. The van der Waals surface area contributed by atoms with Crippen molar-refractivity contribution in [2.24, 2.45) is 0 Å². The normalized spacial score (nSPS) is 15.5. The molecule has 1 aliphatic rings. The maximum Gasteiger partial charge on any atom is 0.137 e. The Balaban J connectivity index is 2.06. The first-order valence-corrected chi connectivity index (χ1v) is 3.63. The van der Waals surface area contributed by atoms with Crippen LogP contribution in [0.3, 0.4) is 0 Å². The van der Waals surface area contributed by atoms with Crippen LogP contribution in [0.25, 0.3) is 0 Å². The van der Waals surface area contributed by atoms with Crippen LogP contribution in [0, 0.1) is 0 Å². The van der Waals surface area contributed by atoms with Crippen LogP contribution in [0.2, 0.25) is 0 Å². The summed E-state index contributed by atoms with van der Waals surface area (Å²) in [5, 5.41) is 4.01. The Labute approximate surface area is 65.1 Å². The van der Waals surface area contributed by atoms with Crippen molar-refractivity contribution < 1.29 is 0 Å². The number of rotatable bonds is 2. The molecule has 0 spiro atoms. The summed E-state index contributed by atoms with van der Waals surface area (Å²) in [5.41, 5.74) is 1.32. The molecule has 3 heteroatoms. The van der Waals surface area contributed by atoms with Gasteiger partial charge >= 0.3 is 0 Å². The van der Waals surface area contributed by atoms with Gasteiger partial charge in [-0.05, 0) is 12.0 Å². The zero-order valence-electron chi connectivity index (χ0n) is 6.14. The van der Waals surface area contributed by atoms with Gasteiger partial charge in [0, 0.05) is 0 Å². The van der Waals surface area contributed by atoms with Crippen LogP contribution in [0.4, 0.5) is 0 Å². The molecule has 1 aliphatic carbocycles. The van der Waals surface area contributed by atoms with E-state index in [0.29, 0.717) is 0 Å². The van der Waals surface area contributed by atoms with Gasteiger partial charge in [0.2, 0.25) is 0 Å². The summed E-state index contributed by atoms with van der Waals surface area (Å²) in [6.07, 6.45) is 10.8. The Morgan fingerprint density at radius 1 is 1.55 bits per heavy atom. The van der Waals surface area contributed by atoms with E-state index in [1.165, 1.54) is 5.57 Å². The summed E-state index contributed by atoms with van der Waals surface area (Å²) >= 11 is 0. The molecular weight excluding hydrogens is 138 g/mol. The number of allylic oxidation sites excluding steroid dienone is 4. The van der Waals surface area contributed by atoms with Gasteiger partial charge in [0.15, 0.2) is 0 Å². The van der Waals surface area contributed by atoms with Crippen molar-refractivity contribution in [2.75, 3.05) is 0 Å². The molecule has 3 nitrogen and oxygen atoms in total. The van der Waals surface area contributed by atoms with Crippen molar-refractivity contribution in [1.82, 2.24) is 14.8 Å². The molecule has 0 unspecified atom stereocenters. The monoisotopic (exact) mass is 147 g/mol. The highest BCUT2D eigenvalue weighted by Crippen LogP contribution is 2.09. The third kappa shape index (κ3) is 1.37. The molecule has 56 valence electrons. The Bertz CT molecular complexity index is 282. The van der Waals surface area contributed by atoms with Crippen LogP contribution in [0.15, 0.2) is 36.5 Å². The van der Waals surface area contributed by atoms with Gasteiger partial charge in [0.25, 0.3) is 0 Å². The summed E-state index contributed by atoms with van der Waals surface area (Å²) in [6.45, 7) is 0.844. The van der Waals surface area contributed by atoms with Crippen molar-refractivity contribution in [2.45, 2.75) is 13.0 Å². The van der Waals surface area contributed by atoms with E-state index in [1.54, 1.807) is 12.7 Å². The molecule has 1 heterocycles. The van der Waals surface area contributed by atoms with Gasteiger partial charge in [-0.1, -0.05) is 18.2 Å². The number of hydrogen-bond donors (Lipinski definition) is 0. The predicted octanol–water partition coefficient (Wildman–Crippen LogP) is 1.16. The fourth-order valence-electron chi connectivity index (χ4n) is 1.13. The molecule has 1 aromatic heterocycles. The smallest absolute Gasteiger partial charge is 0.137 e. The highest BCUT2D eigenvalue weighted by atomic mass is 15.3. The second-order valence-corrected chi connectivity index (χ2v) is 2.51. The molecule has 2 rings (SSSR count). The fraction of sp³-hybridized carbons (Fsp3) is 0.250. The Hall–Kier alpha value is -1.38. The van der Waals surface area contributed by atoms with E-state index >= 15 is 0 Å². The average Bonchev–Trinajstić information content (AvgIpc) is 2.60. The van der Waals surface area contributed by atoms with Gasteiger partial charge in [0.1, 0.15) is 12.7 Å². The van der Waals surface area contributed by atoms with Crippen molar-refractivity contribution in [1.29, 1.82) is 0 Å². The van der Waals surface area contributed by atoms with E-state index in [1.807, 2.05) is 4.68 Å². The third-order valence-electron chi connectivity index (χ3n) is 1.66. The van der Waals surface area contributed by atoms with Crippen LogP contribution in [-0.4, -0.2) is 14.8 Å². The second kappa shape index (κ2) is 2.70. The van der Waals surface area contributed by atoms with E-state index in [-0.39, 0.29) is 0 Å². The van der Waals surface area contributed by atoms with E-state index in [4.69, 9.17) is 0 Å². The Morgan fingerprint density at radius 3 is 3.18 bits per heavy atom. The topological polar surface area (TPSA) is 30.7 Å². The highest BCUT2D eigenvalue weighted by molar-refractivity contribution is 5.25. The first-order valence-electron chi connectivity index (χ1n) is 3.63. The fourth-order valence-corrected chi connectivity index (χ4v) is 1.13. The first kappa shape index (κ1) is 6.34. The van der Waals surface area contributed by atoms with Gasteiger partial charge in [0.05, 0.1) is 6.54 Å². The van der Waals surface area contributed by atoms with Crippen molar-refractivity contribution >= 4 is 0 Å². The van der Waals surface area contributed by atoms with E-state index in [0.717, 1.165) is 13.0 Å². The lowest BCUT2D eigenvalue weighted by atomic mass is 10.3. The molecular formula is C8H9N3. The molecule has 0 aliphatic heterocycles. The lowest BCUT2D eigenvalue weighted by Gasteiger charge is -1.97. The van der Waals surface area contributed by atoms with E-state index < -0.39 is 0 Å². The SMILES string of the molecule is C1=CC(Cn2cncn2)=CC1. The van der Waals surface area contributed by atoms with Crippen LogP contribution in [0.5, 0.6) is 0 Å². The zero-order valence-corrected chi connectivity index (χ0v) is 6.14. The molecule has 0 aromatic carbocycles. The highest BCUT2D eigenvalue weighted by Gasteiger charge is 1.98. The molecule has 0 radical (unpaired) electrons. The van der Waals surface area contributed by atoms with Crippen LogP contribution in [0.1, 0.15) is 6.42 Å². The minimum absolute atomic E-state index is 0.844. The summed E-state index contributed by atoms with van der Waals surface area (Å²) in [7, 11) is 0. The van der Waals surface area contributed by atoms with Crippen molar-refractivity contribution in [3.63, 3.8) is 0 Å². The van der Waals surface area contributed by atoms with Gasteiger partial charge in [-0.15, -0.1) is 0 Å². The minimum Gasteiger partial charge on any atom is -0.249 e. The average molecular weight is 147 g/mol. The number of nitrogens with zero attached hydrogens (tertiary/aromatic N) is 3. The maximum atomic E-state index is 4.01. The third-order valence-corrected chi connectivity index (χ3v) is 1.66. The van der Waals surface area contributed by atoms with Gasteiger partial charge < -0.3 is 0 Å². The summed E-state index contributed by atoms with van der Waals surface area (Å²) in [4.78, 5) is 3.86. The molecule has 0 bridgehead atoms. The molecule has 0 fully saturated rings. The van der Waals surface area contributed by atoms with Crippen LogP contribution in [-0.2, 0) is 6.54 Å². The lowest BCUT2D eigenvalue weighted by Crippen LogP contribution is -1.98. The zero-order chi connectivity index (χ0) is 7.52. The van der Waals surface area contributed by atoms with Crippen molar-refractivity contribution in [3.8, 4) is 0 Å². The maximum absolute atomic E-state index is 4.01. The van der Waals surface area contributed by atoms with Crippen molar-refractivity contribution in [3.05, 3.63) is 36.5 Å². The summed E-state index contributed by atoms with van der Waals surface area (Å²) in [6, 6.07) is 0. The Kier molecular flexibility index (Phi) is 1.55. The van der Waals surface area contributed by atoms with Crippen LogP contribution >= 0.6 is 0 Å². The summed E-state index contributed by atoms with van der Waals surface area (Å²) in [5.74, 6) is 0. The quantitative estimate of drug-likeness (QED) is 0.628. The molecule has 1 aromatic rings. The molecule has 0 atom stereocenters. The van der Waals surface area contributed by atoms with E-state index in [9.17, 15) is 0 Å². The van der Waals surface area contributed by atoms with Gasteiger partial charge in [-0.3, -0.25) is 0 Å². The molecule has 0 N–H and O–H groups in total. The molecule has 11 heavy (non-hydrogen) atoms. The first-order chi connectivity index (χ1) is 5.45. The van der Waals surface area contributed by atoms with E-state index in [2.05, 4.69) is 28.3 Å². The summed E-state index contributed by atoms with van der Waals surface area (Å²) < 4.78 is 1.82. The van der Waals surface area contributed by atoms with Gasteiger partial charge in [-0.2, -0.15) is 5.10 Å². The lowest BCUT2D eigenvalue weighted by molar-refractivity contribution is 0.684. The second-order valence-electron chi connectivity index (χ2n) is 2.51. The standard InChI is InChI=1S/C8H9N3/c1-2-4-8(3-1)5-11-7-9-6-10-11/h1,3-4,6-7H,2,5H2. The predicted molar refractivity (Wildman–Crippen MR) is 41.9 cm³/mol. The number of hydrogen-bond acceptors (Lipinski definition) is 2. The van der Waals surface area contributed by atoms with Crippen LogP contribution < -0.4 is 0 Å². The minimum atomic E-state index is 0.844. The van der Waals surface area contributed by atoms with Gasteiger partial charge in [-0.25, -0.2) is 9.67 Å². The molecule has 0 amide bonds. The molecule has 0 saturated heterocycles.